The van der Waals surface area contributed by atoms with E-state index in [0.717, 1.165) is 12.0 Å². The highest BCUT2D eigenvalue weighted by Crippen LogP contribution is 2.26. The number of aromatic nitrogens is 2. The fraction of sp³-hybridized carbons (Fsp3) is 0.304. The molecule has 1 unspecified atom stereocenters. The number of para-hydroxylation sites is 1. The molecule has 8 heteroatoms. The van der Waals surface area contributed by atoms with Crippen LogP contribution in [0.4, 0.5) is 14.5 Å². The van der Waals surface area contributed by atoms with Crippen molar-refractivity contribution in [2.75, 3.05) is 25.0 Å². The molecule has 0 aliphatic carbocycles. The van der Waals surface area contributed by atoms with Gasteiger partial charge in [-0.1, -0.05) is 30.3 Å². The van der Waals surface area contributed by atoms with Crippen LogP contribution in [0.3, 0.4) is 0 Å². The summed E-state index contributed by atoms with van der Waals surface area (Å²) in [5.41, 5.74) is 2.38. The summed E-state index contributed by atoms with van der Waals surface area (Å²) in [6, 6.07) is 14.1. The highest BCUT2D eigenvalue weighted by molar-refractivity contribution is 5.80. The Labute approximate surface area is 180 Å². The van der Waals surface area contributed by atoms with E-state index in [9.17, 15) is 8.78 Å². The summed E-state index contributed by atoms with van der Waals surface area (Å²) in [5, 5.41) is 11.0. The van der Waals surface area contributed by atoms with E-state index in [4.69, 9.17) is 0 Å². The standard InChI is InChI=1S/C23H26F2N6/c1-26-23(27-14-17-6-2-3-7-18(17)15-31-12-5-11-28-31)29-19-10-13-30(16-19)22-20(24)8-4-9-21(22)25/h2-9,11-12,19H,10,13-16H2,1H3,(H2,26,27,29). The third-order valence-corrected chi connectivity index (χ3v) is 5.46. The third-order valence-electron chi connectivity index (χ3n) is 5.46. The van der Waals surface area contributed by atoms with Gasteiger partial charge in [-0.2, -0.15) is 5.10 Å². The number of aliphatic imine (C=N–C) groups is 1. The second-order valence-corrected chi connectivity index (χ2v) is 7.54. The summed E-state index contributed by atoms with van der Waals surface area (Å²) in [4.78, 5) is 6.06. The van der Waals surface area contributed by atoms with E-state index in [1.807, 2.05) is 29.1 Å². The van der Waals surface area contributed by atoms with Crippen molar-refractivity contribution in [3.63, 3.8) is 0 Å². The van der Waals surface area contributed by atoms with Crippen molar-refractivity contribution in [3.8, 4) is 0 Å². The molecule has 0 saturated carbocycles. The Morgan fingerprint density at radius 2 is 1.87 bits per heavy atom. The molecule has 2 heterocycles. The number of benzene rings is 2. The van der Waals surface area contributed by atoms with Crippen molar-refractivity contribution in [1.82, 2.24) is 20.4 Å². The van der Waals surface area contributed by atoms with Gasteiger partial charge in [-0.05, 0) is 35.7 Å². The van der Waals surface area contributed by atoms with Crippen LogP contribution in [0.15, 0.2) is 65.9 Å². The molecule has 162 valence electrons. The van der Waals surface area contributed by atoms with Crippen LogP contribution in [0.1, 0.15) is 17.5 Å². The number of guanidine groups is 1. The predicted molar refractivity (Wildman–Crippen MR) is 118 cm³/mol. The number of rotatable bonds is 6. The minimum Gasteiger partial charge on any atom is -0.365 e. The zero-order chi connectivity index (χ0) is 21.6. The zero-order valence-electron chi connectivity index (χ0n) is 17.4. The first-order valence-electron chi connectivity index (χ1n) is 10.3. The summed E-state index contributed by atoms with van der Waals surface area (Å²) in [6.45, 7) is 2.39. The molecule has 31 heavy (non-hydrogen) atoms. The lowest BCUT2D eigenvalue weighted by atomic mass is 10.1. The molecule has 0 spiro atoms. The molecule has 1 aromatic heterocycles. The van der Waals surface area contributed by atoms with Gasteiger partial charge in [0.25, 0.3) is 0 Å². The number of anilines is 1. The fourth-order valence-electron chi connectivity index (χ4n) is 3.89. The van der Waals surface area contributed by atoms with E-state index in [1.165, 1.54) is 23.8 Å². The van der Waals surface area contributed by atoms with E-state index >= 15 is 0 Å². The number of hydrogen-bond donors (Lipinski definition) is 2. The molecule has 1 saturated heterocycles. The molecule has 1 atom stereocenters. The summed E-state index contributed by atoms with van der Waals surface area (Å²) >= 11 is 0. The first-order valence-corrected chi connectivity index (χ1v) is 10.3. The first-order chi connectivity index (χ1) is 15.1. The molecule has 1 aliphatic rings. The van der Waals surface area contributed by atoms with Crippen LogP contribution in [0.5, 0.6) is 0 Å². The van der Waals surface area contributed by atoms with E-state index < -0.39 is 11.6 Å². The van der Waals surface area contributed by atoms with Crippen molar-refractivity contribution in [1.29, 1.82) is 0 Å². The molecule has 1 aliphatic heterocycles. The molecule has 0 amide bonds. The first kappa shape index (κ1) is 20.8. The minimum atomic E-state index is -0.531. The molecule has 2 N–H and O–H groups in total. The predicted octanol–water partition coefficient (Wildman–Crippen LogP) is 3.15. The Hall–Kier alpha value is -3.42. The molecule has 4 rings (SSSR count). The molecule has 2 aromatic carbocycles. The maximum absolute atomic E-state index is 14.1. The highest BCUT2D eigenvalue weighted by atomic mass is 19.1. The Kier molecular flexibility index (Phi) is 6.45. The average molecular weight is 424 g/mol. The van der Waals surface area contributed by atoms with Gasteiger partial charge in [0, 0.05) is 45.1 Å². The molecule has 6 nitrogen and oxygen atoms in total. The van der Waals surface area contributed by atoms with Crippen LogP contribution in [-0.2, 0) is 13.1 Å². The van der Waals surface area contributed by atoms with Gasteiger partial charge in [-0.15, -0.1) is 0 Å². The van der Waals surface area contributed by atoms with Gasteiger partial charge >= 0.3 is 0 Å². The molecular weight excluding hydrogens is 398 g/mol. The van der Waals surface area contributed by atoms with Crippen molar-refractivity contribution >= 4 is 11.6 Å². The van der Waals surface area contributed by atoms with Crippen LogP contribution in [0.25, 0.3) is 0 Å². The summed E-state index contributed by atoms with van der Waals surface area (Å²) in [6.07, 6.45) is 4.48. The Morgan fingerprint density at radius 3 is 2.58 bits per heavy atom. The lowest BCUT2D eigenvalue weighted by molar-refractivity contribution is 0.576. The number of nitrogens with one attached hydrogen (secondary N) is 2. The van der Waals surface area contributed by atoms with E-state index in [-0.39, 0.29) is 11.7 Å². The average Bonchev–Trinajstić information content (AvgIpc) is 3.44. The monoisotopic (exact) mass is 424 g/mol. The Morgan fingerprint density at radius 1 is 1.10 bits per heavy atom. The topological polar surface area (TPSA) is 57.5 Å². The van der Waals surface area contributed by atoms with Crippen LogP contribution in [0, 0.1) is 11.6 Å². The van der Waals surface area contributed by atoms with Crippen LogP contribution in [-0.4, -0.2) is 41.9 Å². The van der Waals surface area contributed by atoms with Crippen molar-refractivity contribution in [2.45, 2.75) is 25.6 Å². The SMILES string of the molecule is CN=C(NCc1ccccc1Cn1cccn1)NC1CCN(c2c(F)cccc2F)C1. The molecule has 0 radical (unpaired) electrons. The quantitative estimate of drug-likeness (QED) is 0.472. The van der Waals surface area contributed by atoms with Crippen molar-refractivity contribution in [2.24, 2.45) is 4.99 Å². The maximum Gasteiger partial charge on any atom is 0.191 e. The lowest BCUT2D eigenvalue weighted by Gasteiger charge is -2.21. The van der Waals surface area contributed by atoms with E-state index in [0.29, 0.717) is 32.1 Å². The molecule has 0 bridgehead atoms. The van der Waals surface area contributed by atoms with Gasteiger partial charge in [-0.3, -0.25) is 9.67 Å². The van der Waals surface area contributed by atoms with Crippen LogP contribution >= 0.6 is 0 Å². The normalized spacial score (nSPS) is 16.5. The van der Waals surface area contributed by atoms with Crippen LogP contribution in [0.2, 0.25) is 0 Å². The Bertz CT molecular complexity index is 1010. The molecular formula is C23H26F2N6. The van der Waals surface area contributed by atoms with Gasteiger partial charge in [0.1, 0.15) is 17.3 Å². The van der Waals surface area contributed by atoms with Gasteiger partial charge < -0.3 is 15.5 Å². The zero-order valence-corrected chi connectivity index (χ0v) is 17.4. The van der Waals surface area contributed by atoms with E-state index in [2.05, 4.69) is 32.9 Å². The number of hydrogen-bond acceptors (Lipinski definition) is 3. The van der Waals surface area contributed by atoms with E-state index in [1.54, 1.807) is 18.1 Å². The maximum atomic E-state index is 14.1. The minimum absolute atomic E-state index is 0.0438. The van der Waals surface area contributed by atoms with Gasteiger partial charge in [-0.25, -0.2) is 8.78 Å². The van der Waals surface area contributed by atoms with Gasteiger partial charge in [0.2, 0.25) is 0 Å². The second kappa shape index (κ2) is 9.59. The smallest absolute Gasteiger partial charge is 0.191 e. The lowest BCUT2D eigenvalue weighted by Crippen LogP contribution is -2.44. The van der Waals surface area contributed by atoms with Crippen LogP contribution < -0.4 is 15.5 Å². The van der Waals surface area contributed by atoms with Gasteiger partial charge in [0.15, 0.2) is 5.96 Å². The largest absolute Gasteiger partial charge is 0.365 e. The number of halogens is 2. The fourth-order valence-corrected chi connectivity index (χ4v) is 3.89. The van der Waals surface area contributed by atoms with Crippen molar-refractivity contribution in [3.05, 3.63) is 83.7 Å². The molecule has 1 fully saturated rings. The summed E-state index contributed by atoms with van der Waals surface area (Å²) in [5.74, 6) is -0.399. The third kappa shape index (κ3) is 5.02. The Balaban J connectivity index is 1.35. The summed E-state index contributed by atoms with van der Waals surface area (Å²) in [7, 11) is 1.72. The van der Waals surface area contributed by atoms with Crippen molar-refractivity contribution < 1.29 is 8.78 Å². The van der Waals surface area contributed by atoms with Gasteiger partial charge in [0.05, 0.1) is 6.54 Å². The highest BCUT2D eigenvalue weighted by Gasteiger charge is 2.27. The molecule has 3 aromatic rings. The summed E-state index contributed by atoms with van der Waals surface area (Å²) < 4.78 is 30.1. The second-order valence-electron chi connectivity index (χ2n) is 7.54. The number of nitrogens with zero attached hydrogens (tertiary/aromatic N) is 4.